The zero-order valence-electron chi connectivity index (χ0n) is 11.4. The van der Waals surface area contributed by atoms with E-state index in [1.54, 1.807) is 5.38 Å². The maximum Gasteiger partial charge on any atom is 0.270 e. The maximum absolute atomic E-state index is 11.9. The van der Waals surface area contributed by atoms with Gasteiger partial charge in [-0.05, 0) is 12.1 Å². The lowest BCUT2D eigenvalue weighted by atomic mass is 10.1. The standard InChI is InChI=1S/C14H17N3O2S.ClH/c15-7-6-13-17-11(9-20-13)14(19)16-8-12(18)10-4-2-1-3-5-10;/h1-5,9,12,18H,6-8,15H2,(H,16,19);1H. The average molecular weight is 328 g/mol. The number of aromatic nitrogens is 1. The SMILES string of the molecule is Cl.NCCc1nc(C(=O)NCC(O)c2ccccc2)cs1. The van der Waals surface area contributed by atoms with Crippen molar-refractivity contribution in [2.75, 3.05) is 13.1 Å². The van der Waals surface area contributed by atoms with Crippen LogP contribution in [0.1, 0.15) is 27.2 Å². The third kappa shape index (κ3) is 5.09. The number of nitrogens with one attached hydrogen (secondary N) is 1. The fourth-order valence-electron chi connectivity index (χ4n) is 1.73. The molecule has 0 fully saturated rings. The van der Waals surface area contributed by atoms with Crippen molar-refractivity contribution in [3.8, 4) is 0 Å². The quantitative estimate of drug-likeness (QED) is 0.750. The summed E-state index contributed by atoms with van der Waals surface area (Å²) >= 11 is 1.42. The molecule has 5 nitrogen and oxygen atoms in total. The molecule has 7 heteroatoms. The minimum absolute atomic E-state index is 0. The van der Waals surface area contributed by atoms with Crippen LogP contribution in [0.25, 0.3) is 0 Å². The van der Waals surface area contributed by atoms with Crippen LogP contribution < -0.4 is 11.1 Å². The topological polar surface area (TPSA) is 88.2 Å². The van der Waals surface area contributed by atoms with Gasteiger partial charge < -0.3 is 16.2 Å². The Morgan fingerprint density at radius 1 is 1.38 bits per heavy atom. The van der Waals surface area contributed by atoms with E-state index in [-0.39, 0.29) is 24.9 Å². The molecule has 0 saturated carbocycles. The monoisotopic (exact) mass is 327 g/mol. The van der Waals surface area contributed by atoms with Gasteiger partial charge in [0.15, 0.2) is 0 Å². The minimum Gasteiger partial charge on any atom is -0.387 e. The first kappa shape index (κ1) is 17.6. The fourth-order valence-corrected chi connectivity index (χ4v) is 2.52. The number of thiazole rings is 1. The minimum atomic E-state index is -0.720. The van der Waals surface area contributed by atoms with Gasteiger partial charge in [-0.15, -0.1) is 23.7 Å². The van der Waals surface area contributed by atoms with Crippen molar-refractivity contribution >= 4 is 29.7 Å². The van der Waals surface area contributed by atoms with Crippen LogP contribution in [-0.4, -0.2) is 29.1 Å². The van der Waals surface area contributed by atoms with Gasteiger partial charge in [-0.2, -0.15) is 0 Å². The molecule has 0 saturated heterocycles. The Hall–Kier alpha value is -1.47. The van der Waals surface area contributed by atoms with E-state index >= 15 is 0 Å². The first-order valence-electron chi connectivity index (χ1n) is 6.36. The number of hydrogen-bond donors (Lipinski definition) is 3. The van der Waals surface area contributed by atoms with E-state index < -0.39 is 6.10 Å². The van der Waals surface area contributed by atoms with E-state index in [1.807, 2.05) is 30.3 Å². The van der Waals surface area contributed by atoms with Gasteiger partial charge in [-0.1, -0.05) is 30.3 Å². The normalized spacial score (nSPS) is 11.5. The summed E-state index contributed by atoms with van der Waals surface area (Å²) in [5.74, 6) is -0.278. The van der Waals surface area contributed by atoms with Crippen LogP contribution in [0.5, 0.6) is 0 Å². The van der Waals surface area contributed by atoms with Gasteiger partial charge in [0.1, 0.15) is 5.69 Å². The van der Waals surface area contributed by atoms with Gasteiger partial charge in [0, 0.05) is 18.3 Å². The van der Waals surface area contributed by atoms with E-state index in [4.69, 9.17) is 5.73 Å². The van der Waals surface area contributed by atoms with E-state index in [9.17, 15) is 9.90 Å². The number of amides is 1. The zero-order chi connectivity index (χ0) is 14.4. The lowest BCUT2D eigenvalue weighted by Crippen LogP contribution is -2.28. The second kappa shape index (κ2) is 8.74. The Morgan fingerprint density at radius 3 is 2.76 bits per heavy atom. The summed E-state index contributed by atoms with van der Waals surface area (Å²) in [6, 6.07) is 9.21. The van der Waals surface area contributed by atoms with Crippen molar-refractivity contribution in [1.29, 1.82) is 0 Å². The van der Waals surface area contributed by atoms with Gasteiger partial charge in [0.05, 0.1) is 11.1 Å². The molecule has 2 aromatic rings. The van der Waals surface area contributed by atoms with Crippen LogP contribution in [0.4, 0.5) is 0 Å². The summed E-state index contributed by atoms with van der Waals surface area (Å²) in [5, 5.41) is 15.2. The van der Waals surface area contributed by atoms with E-state index in [0.29, 0.717) is 18.7 Å². The van der Waals surface area contributed by atoms with E-state index in [0.717, 1.165) is 10.6 Å². The number of rotatable bonds is 6. The molecule has 0 spiro atoms. The molecular weight excluding hydrogens is 310 g/mol. The van der Waals surface area contributed by atoms with Crippen LogP contribution >= 0.6 is 23.7 Å². The van der Waals surface area contributed by atoms with Crippen LogP contribution in [0.2, 0.25) is 0 Å². The predicted molar refractivity (Wildman–Crippen MR) is 85.9 cm³/mol. The first-order valence-corrected chi connectivity index (χ1v) is 7.24. The number of hydrogen-bond acceptors (Lipinski definition) is 5. The molecular formula is C14H18ClN3O2S. The summed E-state index contributed by atoms with van der Waals surface area (Å²) in [4.78, 5) is 16.1. The lowest BCUT2D eigenvalue weighted by Gasteiger charge is -2.11. The highest BCUT2D eigenvalue weighted by Crippen LogP contribution is 2.12. The highest BCUT2D eigenvalue weighted by atomic mass is 35.5. The molecule has 21 heavy (non-hydrogen) atoms. The Labute approximate surface area is 133 Å². The molecule has 1 unspecified atom stereocenters. The van der Waals surface area contributed by atoms with Crippen LogP contribution in [0, 0.1) is 0 Å². The third-order valence-electron chi connectivity index (χ3n) is 2.78. The van der Waals surface area contributed by atoms with Gasteiger partial charge in [0.25, 0.3) is 5.91 Å². The number of carbonyl (C=O) groups excluding carboxylic acids is 1. The van der Waals surface area contributed by atoms with Crippen LogP contribution in [0.3, 0.4) is 0 Å². The smallest absolute Gasteiger partial charge is 0.270 e. The first-order chi connectivity index (χ1) is 9.70. The van der Waals surface area contributed by atoms with Crippen molar-refractivity contribution in [2.45, 2.75) is 12.5 Å². The Bertz CT molecular complexity index is 562. The second-order valence-electron chi connectivity index (χ2n) is 4.30. The number of nitrogens with two attached hydrogens (primary N) is 1. The van der Waals surface area contributed by atoms with Crippen molar-refractivity contribution in [3.63, 3.8) is 0 Å². The molecule has 0 radical (unpaired) electrons. The lowest BCUT2D eigenvalue weighted by molar-refractivity contribution is 0.0912. The molecule has 1 aromatic carbocycles. The number of halogens is 1. The van der Waals surface area contributed by atoms with Crippen molar-refractivity contribution in [3.05, 3.63) is 52.0 Å². The highest BCUT2D eigenvalue weighted by Gasteiger charge is 2.13. The molecule has 114 valence electrons. The average Bonchev–Trinajstić information content (AvgIpc) is 2.94. The van der Waals surface area contributed by atoms with Crippen LogP contribution in [-0.2, 0) is 6.42 Å². The van der Waals surface area contributed by atoms with Gasteiger partial charge in [0.2, 0.25) is 0 Å². The van der Waals surface area contributed by atoms with Crippen molar-refractivity contribution < 1.29 is 9.90 Å². The summed E-state index contributed by atoms with van der Waals surface area (Å²) in [6.07, 6.45) is -0.0489. The molecule has 1 heterocycles. The maximum atomic E-state index is 11.9. The molecule has 0 bridgehead atoms. The largest absolute Gasteiger partial charge is 0.387 e. The molecule has 1 atom stereocenters. The predicted octanol–water partition coefficient (Wildman–Crippen LogP) is 1.53. The number of carbonyl (C=O) groups is 1. The number of aliphatic hydroxyl groups excluding tert-OH is 1. The van der Waals surface area contributed by atoms with Gasteiger partial charge in [-0.3, -0.25) is 4.79 Å². The summed E-state index contributed by atoms with van der Waals surface area (Å²) < 4.78 is 0. The van der Waals surface area contributed by atoms with E-state index in [1.165, 1.54) is 11.3 Å². The van der Waals surface area contributed by atoms with Gasteiger partial charge >= 0.3 is 0 Å². The molecule has 0 aliphatic carbocycles. The molecule has 2 rings (SSSR count). The second-order valence-corrected chi connectivity index (χ2v) is 5.24. The summed E-state index contributed by atoms with van der Waals surface area (Å²) in [7, 11) is 0. The summed E-state index contributed by atoms with van der Waals surface area (Å²) in [5.41, 5.74) is 6.59. The number of aliphatic hydroxyl groups is 1. The van der Waals surface area contributed by atoms with Crippen molar-refractivity contribution in [1.82, 2.24) is 10.3 Å². The van der Waals surface area contributed by atoms with Gasteiger partial charge in [-0.25, -0.2) is 4.98 Å². The van der Waals surface area contributed by atoms with Crippen molar-refractivity contribution in [2.24, 2.45) is 5.73 Å². The zero-order valence-corrected chi connectivity index (χ0v) is 13.0. The Balaban J connectivity index is 0.00000220. The van der Waals surface area contributed by atoms with Crippen LogP contribution in [0.15, 0.2) is 35.7 Å². The molecule has 1 amide bonds. The molecule has 4 N–H and O–H groups in total. The highest BCUT2D eigenvalue weighted by molar-refractivity contribution is 7.09. The van der Waals surface area contributed by atoms with E-state index in [2.05, 4.69) is 10.3 Å². The molecule has 0 aliphatic heterocycles. The molecule has 1 aromatic heterocycles. The Morgan fingerprint density at radius 2 is 2.10 bits per heavy atom. The number of nitrogens with zero attached hydrogens (tertiary/aromatic N) is 1. The Kier molecular flexibility index (Phi) is 7.31. The molecule has 0 aliphatic rings. The fraction of sp³-hybridized carbons (Fsp3) is 0.286. The third-order valence-corrected chi connectivity index (χ3v) is 3.69. The number of benzene rings is 1. The summed E-state index contributed by atoms with van der Waals surface area (Å²) in [6.45, 7) is 0.674.